The summed E-state index contributed by atoms with van der Waals surface area (Å²) in [6, 6.07) is 6.71. The molecular formula is C14H14ClN3O. The summed E-state index contributed by atoms with van der Waals surface area (Å²) in [5, 5.41) is 3.20. The standard InChI is InChI=1S/C14H14ClN3O/c1-9-7-17-5-4-10(9)8-18-14(19)12-6-11(16)2-3-13(12)15/h2-7H,8,16H2,1H3,(H,18,19). The monoisotopic (exact) mass is 275 g/mol. The largest absolute Gasteiger partial charge is 0.399 e. The number of carbonyl (C=O) groups excluding carboxylic acids is 1. The van der Waals surface area contributed by atoms with Crippen LogP contribution in [0.15, 0.2) is 36.7 Å². The molecule has 0 radical (unpaired) electrons. The Morgan fingerprint density at radius 1 is 1.42 bits per heavy atom. The van der Waals surface area contributed by atoms with Gasteiger partial charge in [0.05, 0.1) is 10.6 Å². The Hall–Kier alpha value is -2.07. The van der Waals surface area contributed by atoms with E-state index in [1.54, 1.807) is 30.6 Å². The van der Waals surface area contributed by atoms with Crippen molar-refractivity contribution in [1.29, 1.82) is 0 Å². The number of aromatic nitrogens is 1. The summed E-state index contributed by atoms with van der Waals surface area (Å²) in [6.07, 6.45) is 3.46. The van der Waals surface area contributed by atoms with Crippen molar-refractivity contribution in [3.63, 3.8) is 0 Å². The molecule has 0 bridgehead atoms. The average Bonchev–Trinajstić information content (AvgIpc) is 2.40. The van der Waals surface area contributed by atoms with Crippen LogP contribution in [0.3, 0.4) is 0 Å². The molecule has 1 heterocycles. The first-order valence-corrected chi connectivity index (χ1v) is 6.18. The summed E-state index contributed by atoms with van der Waals surface area (Å²) in [5.74, 6) is -0.242. The molecular weight excluding hydrogens is 262 g/mol. The topological polar surface area (TPSA) is 68.0 Å². The number of hydrogen-bond donors (Lipinski definition) is 2. The van der Waals surface area contributed by atoms with Gasteiger partial charge in [0, 0.05) is 24.6 Å². The van der Waals surface area contributed by atoms with E-state index >= 15 is 0 Å². The molecule has 0 spiro atoms. The zero-order chi connectivity index (χ0) is 13.8. The lowest BCUT2D eigenvalue weighted by Crippen LogP contribution is -2.23. The lowest BCUT2D eigenvalue weighted by Gasteiger charge is -2.09. The molecule has 0 aliphatic rings. The molecule has 1 aromatic heterocycles. The van der Waals surface area contributed by atoms with Crippen molar-refractivity contribution in [3.8, 4) is 0 Å². The number of anilines is 1. The van der Waals surface area contributed by atoms with Crippen LogP contribution >= 0.6 is 11.6 Å². The van der Waals surface area contributed by atoms with Gasteiger partial charge in [0.2, 0.25) is 0 Å². The molecule has 0 saturated carbocycles. The molecule has 3 N–H and O–H groups in total. The van der Waals surface area contributed by atoms with Crippen LogP contribution in [0.1, 0.15) is 21.5 Å². The minimum atomic E-state index is -0.242. The number of nitrogens with two attached hydrogens (primary N) is 1. The van der Waals surface area contributed by atoms with Gasteiger partial charge in [-0.05, 0) is 42.3 Å². The summed E-state index contributed by atoms with van der Waals surface area (Å²) >= 11 is 5.98. The van der Waals surface area contributed by atoms with Crippen molar-refractivity contribution >= 4 is 23.2 Å². The van der Waals surface area contributed by atoms with Crippen LogP contribution in [-0.4, -0.2) is 10.9 Å². The van der Waals surface area contributed by atoms with Crippen LogP contribution < -0.4 is 11.1 Å². The Morgan fingerprint density at radius 3 is 2.95 bits per heavy atom. The molecule has 4 nitrogen and oxygen atoms in total. The molecule has 2 aromatic rings. The molecule has 0 saturated heterocycles. The minimum absolute atomic E-state index is 0.242. The number of halogens is 1. The van der Waals surface area contributed by atoms with E-state index in [9.17, 15) is 4.79 Å². The Labute approximate surface area is 116 Å². The van der Waals surface area contributed by atoms with Gasteiger partial charge in [0.25, 0.3) is 5.91 Å². The van der Waals surface area contributed by atoms with Crippen molar-refractivity contribution in [1.82, 2.24) is 10.3 Å². The normalized spacial score (nSPS) is 10.2. The Balaban J connectivity index is 2.10. The van der Waals surface area contributed by atoms with Crippen LogP contribution in [-0.2, 0) is 6.54 Å². The fourth-order valence-electron chi connectivity index (χ4n) is 1.69. The number of nitrogens with one attached hydrogen (secondary N) is 1. The average molecular weight is 276 g/mol. The highest BCUT2D eigenvalue weighted by molar-refractivity contribution is 6.34. The second-order valence-electron chi connectivity index (χ2n) is 4.22. The molecule has 98 valence electrons. The Morgan fingerprint density at radius 2 is 2.21 bits per heavy atom. The second kappa shape index (κ2) is 5.71. The zero-order valence-corrected chi connectivity index (χ0v) is 11.2. The highest BCUT2D eigenvalue weighted by Crippen LogP contribution is 2.18. The van der Waals surface area contributed by atoms with E-state index in [-0.39, 0.29) is 5.91 Å². The fourth-order valence-corrected chi connectivity index (χ4v) is 1.89. The fraction of sp³-hybridized carbons (Fsp3) is 0.143. The molecule has 0 fully saturated rings. The van der Waals surface area contributed by atoms with Crippen molar-refractivity contribution in [3.05, 3.63) is 58.4 Å². The van der Waals surface area contributed by atoms with Crippen molar-refractivity contribution in [2.45, 2.75) is 13.5 Å². The number of carbonyl (C=O) groups is 1. The van der Waals surface area contributed by atoms with Gasteiger partial charge in [-0.2, -0.15) is 0 Å². The predicted molar refractivity (Wildman–Crippen MR) is 76.0 cm³/mol. The van der Waals surface area contributed by atoms with Gasteiger partial charge in [0.15, 0.2) is 0 Å². The molecule has 0 aliphatic carbocycles. The number of nitrogens with zero attached hydrogens (tertiary/aromatic N) is 1. The number of hydrogen-bond acceptors (Lipinski definition) is 3. The van der Waals surface area contributed by atoms with Gasteiger partial charge in [-0.1, -0.05) is 11.6 Å². The molecule has 1 aromatic carbocycles. The lowest BCUT2D eigenvalue weighted by atomic mass is 10.1. The third-order valence-corrected chi connectivity index (χ3v) is 3.14. The highest BCUT2D eigenvalue weighted by Gasteiger charge is 2.10. The molecule has 19 heavy (non-hydrogen) atoms. The number of aryl methyl sites for hydroxylation is 1. The van der Waals surface area contributed by atoms with Gasteiger partial charge < -0.3 is 11.1 Å². The van der Waals surface area contributed by atoms with E-state index in [2.05, 4.69) is 10.3 Å². The van der Waals surface area contributed by atoms with Gasteiger partial charge in [-0.3, -0.25) is 9.78 Å². The quantitative estimate of drug-likeness (QED) is 0.846. The van der Waals surface area contributed by atoms with E-state index < -0.39 is 0 Å². The number of amides is 1. The molecule has 0 atom stereocenters. The van der Waals surface area contributed by atoms with E-state index in [4.69, 9.17) is 17.3 Å². The van der Waals surface area contributed by atoms with E-state index in [1.807, 2.05) is 13.0 Å². The molecule has 5 heteroatoms. The summed E-state index contributed by atoms with van der Waals surface area (Å²) in [4.78, 5) is 16.0. The molecule has 0 aliphatic heterocycles. The van der Waals surface area contributed by atoms with E-state index in [0.717, 1.165) is 11.1 Å². The third kappa shape index (κ3) is 3.23. The van der Waals surface area contributed by atoms with Crippen molar-refractivity contribution in [2.75, 3.05) is 5.73 Å². The predicted octanol–water partition coefficient (Wildman–Crippen LogP) is 2.56. The van der Waals surface area contributed by atoms with Crippen LogP contribution in [0, 0.1) is 6.92 Å². The smallest absolute Gasteiger partial charge is 0.253 e. The Bertz CT molecular complexity index is 613. The van der Waals surface area contributed by atoms with Crippen molar-refractivity contribution in [2.24, 2.45) is 0 Å². The number of pyridine rings is 1. The minimum Gasteiger partial charge on any atom is -0.399 e. The van der Waals surface area contributed by atoms with E-state index in [0.29, 0.717) is 22.8 Å². The number of nitrogen functional groups attached to an aromatic ring is 1. The van der Waals surface area contributed by atoms with Gasteiger partial charge >= 0.3 is 0 Å². The van der Waals surface area contributed by atoms with Crippen molar-refractivity contribution < 1.29 is 4.79 Å². The third-order valence-electron chi connectivity index (χ3n) is 2.81. The van der Waals surface area contributed by atoms with Crippen LogP contribution in [0.4, 0.5) is 5.69 Å². The molecule has 1 amide bonds. The van der Waals surface area contributed by atoms with Crippen LogP contribution in [0.25, 0.3) is 0 Å². The first-order valence-electron chi connectivity index (χ1n) is 5.80. The first-order chi connectivity index (χ1) is 9.08. The number of benzene rings is 1. The van der Waals surface area contributed by atoms with Gasteiger partial charge in [-0.15, -0.1) is 0 Å². The highest BCUT2D eigenvalue weighted by atomic mass is 35.5. The number of rotatable bonds is 3. The van der Waals surface area contributed by atoms with E-state index in [1.165, 1.54) is 0 Å². The maximum absolute atomic E-state index is 12.0. The van der Waals surface area contributed by atoms with Crippen LogP contribution in [0.2, 0.25) is 5.02 Å². The summed E-state index contributed by atoms with van der Waals surface area (Å²) in [6.45, 7) is 2.38. The summed E-state index contributed by atoms with van der Waals surface area (Å²) in [7, 11) is 0. The Kier molecular flexibility index (Phi) is 4.02. The summed E-state index contributed by atoms with van der Waals surface area (Å²) < 4.78 is 0. The summed E-state index contributed by atoms with van der Waals surface area (Å²) in [5.41, 5.74) is 8.59. The molecule has 0 unspecified atom stereocenters. The van der Waals surface area contributed by atoms with Gasteiger partial charge in [-0.25, -0.2) is 0 Å². The lowest BCUT2D eigenvalue weighted by molar-refractivity contribution is 0.0951. The molecule has 2 rings (SSSR count). The second-order valence-corrected chi connectivity index (χ2v) is 4.63. The van der Waals surface area contributed by atoms with Crippen LogP contribution in [0.5, 0.6) is 0 Å². The van der Waals surface area contributed by atoms with Gasteiger partial charge in [0.1, 0.15) is 0 Å². The maximum Gasteiger partial charge on any atom is 0.253 e. The maximum atomic E-state index is 12.0. The first kappa shape index (κ1) is 13.4. The SMILES string of the molecule is Cc1cnccc1CNC(=O)c1cc(N)ccc1Cl. The zero-order valence-electron chi connectivity index (χ0n) is 10.5.